The molecule has 0 fully saturated rings. The molecule has 1 atom stereocenters. The summed E-state index contributed by atoms with van der Waals surface area (Å²) in [5.74, 6) is -0.187. The van der Waals surface area contributed by atoms with Crippen LogP contribution in [-0.4, -0.2) is 11.7 Å². The molecule has 0 radical (unpaired) electrons. The molecule has 0 bridgehead atoms. The first kappa shape index (κ1) is 11.2. The van der Waals surface area contributed by atoms with Crippen molar-refractivity contribution in [1.82, 2.24) is 0 Å². The molecule has 0 aliphatic carbocycles. The van der Waals surface area contributed by atoms with Crippen molar-refractivity contribution in [2.75, 3.05) is 6.61 Å². The van der Waals surface area contributed by atoms with E-state index in [0.717, 1.165) is 24.0 Å². The molecule has 78 valence electrons. The molecule has 0 aliphatic rings. The van der Waals surface area contributed by atoms with E-state index in [-0.39, 0.29) is 18.3 Å². The van der Waals surface area contributed by atoms with Crippen LogP contribution >= 0.6 is 0 Å². The summed E-state index contributed by atoms with van der Waals surface area (Å²) < 4.78 is 13.2. The van der Waals surface area contributed by atoms with Crippen molar-refractivity contribution in [2.45, 2.75) is 32.6 Å². The highest BCUT2D eigenvalue weighted by atomic mass is 19.1. The highest BCUT2D eigenvalue weighted by Crippen LogP contribution is 2.18. The molecule has 1 unspecified atom stereocenters. The van der Waals surface area contributed by atoms with Gasteiger partial charge in [-0.25, -0.2) is 4.39 Å². The van der Waals surface area contributed by atoms with Gasteiger partial charge in [0.1, 0.15) is 5.82 Å². The summed E-state index contributed by atoms with van der Waals surface area (Å²) in [5, 5.41) is 8.98. The molecule has 1 N–H and O–H groups in total. The zero-order chi connectivity index (χ0) is 10.6. The van der Waals surface area contributed by atoms with Crippen molar-refractivity contribution < 1.29 is 9.50 Å². The highest BCUT2D eigenvalue weighted by molar-refractivity contribution is 5.27. The molecular weight excluding hydrogens is 179 g/mol. The molecule has 1 nitrogen and oxygen atoms in total. The third-order valence-corrected chi connectivity index (χ3v) is 2.36. The minimum absolute atomic E-state index is 0.0151. The Kier molecular flexibility index (Phi) is 4.08. The van der Waals surface area contributed by atoms with Crippen LogP contribution in [0.25, 0.3) is 0 Å². The zero-order valence-electron chi connectivity index (χ0n) is 8.76. The lowest BCUT2D eigenvalue weighted by atomic mass is 9.98. The molecule has 1 aromatic rings. The largest absolute Gasteiger partial charge is 0.396 e. The number of hydrogen-bond donors (Lipinski definition) is 1. The number of hydrogen-bond acceptors (Lipinski definition) is 1. The zero-order valence-corrected chi connectivity index (χ0v) is 8.76. The van der Waals surface area contributed by atoms with Gasteiger partial charge in [-0.2, -0.15) is 0 Å². The van der Waals surface area contributed by atoms with Crippen molar-refractivity contribution in [1.29, 1.82) is 0 Å². The van der Waals surface area contributed by atoms with Gasteiger partial charge in [0.25, 0.3) is 0 Å². The maximum absolute atomic E-state index is 13.2. The molecule has 1 aromatic carbocycles. The van der Waals surface area contributed by atoms with E-state index in [2.05, 4.69) is 6.92 Å². The molecule has 0 saturated heterocycles. The summed E-state index contributed by atoms with van der Waals surface area (Å²) in [4.78, 5) is 0. The van der Waals surface area contributed by atoms with E-state index in [4.69, 9.17) is 5.11 Å². The van der Waals surface area contributed by atoms with Crippen LogP contribution in [0.3, 0.4) is 0 Å². The predicted molar refractivity (Wildman–Crippen MR) is 55.9 cm³/mol. The number of benzene rings is 1. The van der Waals surface area contributed by atoms with E-state index in [0.29, 0.717) is 0 Å². The predicted octanol–water partition coefficient (Wildman–Crippen LogP) is 2.87. The fourth-order valence-corrected chi connectivity index (χ4v) is 1.50. The summed E-state index contributed by atoms with van der Waals surface area (Å²) in [5.41, 5.74) is 1.90. The summed E-state index contributed by atoms with van der Waals surface area (Å²) in [7, 11) is 0. The molecule has 2 heteroatoms. The first-order valence-corrected chi connectivity index (χ1v) is 5.07. The van der Waals surface area contributed by atoms with Crippen molar-refractivity contribution in [3.63, 3.8) is 0 Å². The van der Waals surface area contributed by atoms with E-state index < -0.39 is 0 Å². The Morgan fingerprint density at radius 2 is 2.07 bits per heavy atom. The smallest absolute Gasteiger partial charge is 0.123 e. The van der Waals surface area contributed by atoms with Crippen LogP contribution in [-0.2, 0) is 6.42 Å². The second kappa shape index (κ2) is 5.11. The maximum atomic E-state index is 13.2. The van der Waals surface area contributed by atoms with Crippen LogP contribution in [0.15, 0.2) is 18.2 Å². The molecule has 14 heavy (non-hydrogen) atoms. The van der Waals surface area contributed by atoms with Crippen LogP contribution in [0.2, 0.25) is 0 Å². The van der Waals surface area contributed by atoms with Crippen molar-refractivity contribution in [2.24, 2.45) is 0 Å². The summed E-state index contributed by atoms with van der Waals surface area (Å²) in [6, 6.07) is 5.05. The fourth-order valence-electron chi connectivity index (χ4n) is 1.50. The van der Waals surface area contributed by atoms with Crippen LogP contribution in [0.1, 0.15) is 37.3 Å². The first-order valence-electron chi connectivity index (χ1n) is 5.07. The number of aliphatic hydroxyl groups excluding tert-OH is 1. The molecule has 0 aromatic heterocycles. The Morgan fingerprint density at radius 1 is 1.36 bits per heavy atom. The molecule has 0 saturated carbocycles. The normalized spacial score (nSPS) is 12.9. The second-order valence-electron chi connectivity index (χ2n) is 3.73. The average Bonchev–Trinajstić information content (AvgIpc) is 2.16. The van der Waals surface area contributed by atoms with E-state index in [1.54, 1.807) is 6.07 Å². The molecule has 1 rings (SSSR count). The monoisotopic (exact) mass is 196 g/mol. The summed E-state index contributed by atoms with van der Waals surface area (Å²) in [6.07, 6.45) is 1.90. The van der Waals surface area contributed by atoms with Gasteiger partial charge in [0.15, 0.2) is 0 Å². The Morgan fingerprint density at radius 3 is 2.64 bits per heavy atom. The quantitative estimate of drug-likeness (QED) is 0.785. The SMILES string of the molecule is CCCc1cc(F)cc(C(C)CO)c1. The summed E-state index contributed by atoms with van der Waals surface area (Å²) in [6.45, 7) is 4.03. The van der Waals surface area contributed by atoms with Gasteiger partial charge in [0, 0.05) is 12.5 Å². The van der Waals surface area contributed by atoms with E-state index in [1.165, 1.54) is 6.07 Å². The third kappa shape index (κ3) is 2.81. The van der Waals surface area contributed by atoms with Gasteiger partial charge >= 0.3 is 0 Å². The molecule has 0 amide bonds. The maximum Gasteiger partial charge on any atom is 0.123 e. The minimum atomic E-state index is -0.203. The van der Waals surface area contributed by atoms with Gasteiger partial charge < -0.3 is 5.11 Å². The molecular formula is C12H17FO. The summed E-state index contributed by atoms with van der Waals surface area (Å²) >= 11 is 0. The molecule has 0 aliphatic heterocycles. The van der Waals surface area contributed by atoms with Gasteiger partial charge in [-0.15, -0.1) is 0 Å². The fraction of sp³-hybridized carbons (Fsp3) is 0.500. The van der Waals surface area contributed by atoms with Crippen LogP contribution in [0.4, 0.5) is 4.39 Å². The number of aliphatic hydroxyl groups is 1. The van der Waals surface area contributed by atoms with Crippen molar-refractivity contribution in [3.05, 3.63) is 35.1 Å². The number of aryl methyl sites for hydroxylation is 1. The Bertz CT molecular complexity index is 296. The third-order valence-electron chi connectivity index (χ3n) is 2.36. The lowest BCUT2D eigenvalue weighted by Crippen LogP contribution is -2.00. The minimum Gasteiger partial charge on any atom is -0.396 e. The number of rotatable bonds is 4. The lowest BCUT2D eigenvalue weighted by Gasteiger charge is -2.10. The van der Waals surface area contributed by atoms with Gasteiger partial charge in [0.05, 0.1) is 0 Å². The standard InChI is InChI=1S/C12H17FO/c1-3-4-10-5-11(9(2)8-14)7-12(13)6-10/h5-7,9,14H,3-4,8H2,1-2H3. The Labute approximate surface area is 84.6 Å². The van der Waals surface area contributed by atoms with Gasteiger partial charge in [0.2, 0.25) is 0 Å². The van der Waals surface area contributed by atoms with Crippen LogP contribution in [0.5, 0.6) is 0 Å². The van der Waals surface area contributed by atoms with Gasteiger partial charge in [-0.05, 0) is 29.7 Å². The Hall–Kier alpha value is -0.890. The van der Waals surface area contributed by atoms with Crippen molar-refractivity contribution >= 4 is 0 Å². The van der Waals surface area contributed by atoms with Crippen LogP contribution in [0, 0.1) is 5.82 Å². The number of halogens is 1. The molecule has 0 spiro atoms. The topological polar surface area (TPSA) is 20.2 Å². The van der Waals surface area contributed by atoms with Gasteiger partial charge in [-0.1, -0.05) is 26.3 Å². The lowest BCUT2D eigenvalue weighted by molar-refractivity contribution is 0.273. The van der Waals surface area contributed by atoms with E-state index in [1.807, 2.05) is 13.0 Å². The van der Waals surface area contributed by atoms with E-state index in [9.17, 15) is 4.39 Å². The highest BCUT2D eigenvalue weighted by Gasteiger charge is 2.06. The van der Waals surface area contributed by atoms with Crippen molar-refractivity contribution in [3.8, 4) is 0 Å². The first-order chi connectivity index (χ1) is 6.67. The van der Waals surface area contributed by atoms with Crippen LogP contribution < -0.4 is 0 Å². The Balaban J connectivity index is 2.94. The average molecular weight is 196 g/mol. The van der Waals surface area contributed by atoms with E-state index >= 15 is 0 Å². The van der Waals surface area contributed by atoms with Gasteiger partial charge in [-0.3, -0.25) is 0 Å². The molecule has 0 heterocycles. The second-order valence-corrected chi connectivity index (χ2v) is 3.73.